The third kappa shape index (κ3) is 5.52. The van der Waals surface area contributed by atoms with Gasteiger partial charge in [-0.2, -0.15) is 0 Å². The van der Waals surface area contributed by atoms with Crippen LogP contribution >= 0.6 is 0 Å². The zero-order chi connectivity index (χ0) is 7.98. The van der Waals surface area contributed by atoms with Crippen LogP contribution in [-0.2, 0) is 0 Å². The molecular formula is C9H18N2. The van der Waals surface area contributed by atoms with Crippen LogP contribution in [0.5, 0.6) is 0 Å². The van der Waals surface area contributed by atoms with Crippen LogP contribution in [0.2, 0.25) is 0 Å². The van der Waals surface area contributed by atoms with Crippen molar-refractivity contribution >= 4 is 0 Å². The Labute approximate surface area is 69.7 Å². The molecule has 11 heavy (non-hydrogen) atoms. The molecule has 0 aromatic carbocycles. The van der Waals surface area contributed by atoms with Crippen LogP contribution in [-0.4, -0.2) is 9.97 Å². The van der Waals surface area contributed by atoms with E-state index in [-0.39, 0.29) is 7.43 Å². The Morgan fingerprint density at radius 1 is 0.909 bits per heavy atom. The van der Waals surface area contributed by atoms with Gasteiger partial charge in [0, 0.05) is 12.4 Å². The molecule has 1 rings (SSSR count). The molecule has 0 spiro atoms. The fourth-order valence-corrected chi connectivity index (χ4v) is 0.457. The van der Waals surface area contributed by atoms with Gasteiger partial charge in [0.1, 0.15) is 0 Å². The van der Waals surface area contributed by atoms with Crippen molar-refractivity contribution in [2.45, 2.75) is 35.1 Å². The van der Waals surface area contributed by atoms with Gasteiger partial charge in [0.2, 0.25) is 0 Å². The molecule has 0 radical (unpaired) electrons. The van der Waals surface area contributed by atoms with Crippen molar-refractivity contribution in [3.05, 3.63) is 23.8 Å². The molecule has 0 atom stereocenters. The minimum atomic E-state index is 0. The fourth-order valence-electron chi connectivity index (χ4n) is 0.457. The Morgan fingerprint density at radius 3 is 1.36 bits per heavy atom. The maximum absolute atomic E-state index is 4.02. The lowest BCUT2D eigenvalue weighted by Gasteiger charge is -1.88. The van der Waals surface area contributed by atoms with Crippen LogP contribution in [0.25, 0.3) is 0 Å². The highest BCUT2D eigenvalue weighted by molar-refractivity contribution is 4.97. The van der Waals surface area contributed by atoms with Crippen LogP contribution in [0.15, 0.2) is 12.4 Å². The summed E-state index contributed by atoms with van der Waals surface area (Å²) in [5.41, 5.74) is 1.94. The number of aryl methyl sites for hydroxylation is 2. The Hall–Kier alpha value is -0.920. The highest BCUT2D eigenvalue weighted by Crippen LogP contribution is 1.88. The molecule has 0 N–H and O–H groups in total. The van der Waals surface area contributed by atoms with E-state index < -0.39 is 0 Å². The highest BCUT2D eigenvalue weighted by atomic mass is 14.8. The van der Waals surface area contributed by atoms with Gasteiger partial charge in [-0.05, 0) is 13.8 Å². The minimum Gasteiger partial charge on any atom is -0.258 e. The molecule has 0 fully saturated rings. The minimum absolute atomic E-state index is 0. The Kier molecular flexibility index (Phi) is 8.32. The molecule has 0 aliphatic rings. The molecule has 1 heterocycles. The third-order valence-corrected chi connectivity index (χ3v) is 0.910. The maximum atomic E-state index is 4.02. The lowest BCUT2D eigenvalue weighted by atomic mass is 10.5. The normalized spacial score (nSPS) is 7.27. The second-order valence-electron chi connectivity index (χ2n) is 1.80. The summed E-state index contributed by atoms with van der Waals surface area (Å²) < 4.78 is 0. The highest BCUT2D eigenvalue weighted by Gasteiger charge is 1.82. The van der Waals surface area contributed by atoms with E-state index in [4.69, 9.17) is 0 Å². The number of hydrogen-bond donors (Lipinski definition) is 0. The summed E-state index contributed by atoms with van der Waals surface area (Å²) in [6.45, 7) is 7.85. The predicted octanol–water partition coefficient (Wildman–Crippen LogP) is 2.76. The van der Waals surface area contributed by atoms with Gasteiger partial charge in [-0.1, -0.05) is 21.3 Å². The molecule has 0 amide bonds. The largest absolute Gasteiger partial charge is 0.258 e. The summed E-state index contributed by atoms with van der Waals surface area (Å²) in [5, 5.41) is 0. The number of aromatic nitrogens is 2. The number of hydrogen-bond acceptors (Lipinski definition) is 2. The topological polar surface area (TPSA) is 25.8 Å². The zero-order valence-corrected chi connectivity index (χ0v) is 7.05. The zero-order valence-electron chi connectivity index (χ0n) is 7.05. The monoisotopic (exact) mass is 154 g/mol. The quantitative estimate of drug-likeness (QED) is 0.574. The summed E-state index contributed by atoms with van der Waals surface area (Å²) in [5.74, 6) is 0. The molecule has 1 aromatic rings. The molecule has 0 saturated carbocycles. The van der Waals surface area contributed by atoms with Crippen LogP contribution in [0.3, 0.4) is 0 Å². The van der Waals surface area contributed by atoms with Crippen molar-refractivity contribution in [3.8, 4) is 0 Å². The molecule has 0 unspecified atom stereocenters. The lowest BCUT2D eigenvalue weighted by molar-refractivity contribution is 1.06. The fraction of sp³-hybridized carbons (Fsp3) is 0.556. The second kappa shape index (κ2) is 7.19. The van der Waals surface area contributed by atoms with Gasteiger partial charge < -0.3 is 0 Å². The molecule has 0 bridgehead atoms. The van der Waals surface area contributed by atoms with Crippen molar-refractivity contribution in [2.24, 2.45) is 0 Å². The van der Waals surface area contributed by atoms with Gasteiger partial charge in [0.05, 0.1) is 11.4 Å². The maximum Gasteiger partial charge on any atom is 0.0555 e. The van der Waals surface area contributed by atoms with Gasteiger partial charge in [-0.15, -0.1) is 0 Å². The number of nitrogens with zero attached hydrogens (tertiary/aromatic N) is 2. The van der Waals surface area contributed by atoms with Crippen LogP contribution in [0, 0.1) is 13.8 Å². The second-order valence-corrected chi connectivity index (χ2v) is 1.80. The summed E-state index contributed by atoms with van der Waals surface area (Å²) in [6.07, 6.45) is 3.52. The first-order chi connectivity index (χ1) is 4.79. The Balaban J connectivity index is 0. The van der Waals surface area contributed by atoms with E-state index in [9.17, 15) is 0 Å². The van der Waals surface area contributed by atoms with E-state index in [1.54, 1.807) is 12.4 Å². The van der Waals surface area contributed by atoms with Gasteiger partial charge >= 0.3 is 0 Å². The molecule has 2 nitrogen and oxygen atoms in total. The van der Waals surface area contributed by atoms with Gasteiger partial charge in [-0.3, -0.25) is 9.97 Å². The van der Waals surface area contributed by atoms with E-state index >= 15 is 0 Å². The predicted molar refractivity (Wildman–Crippen MR) is 49.6 cm³/mol. The Bertz CT molecular complexity index is 146. The smallest absolute Gasteiger partial charge is 0.0555 e. The standard InChI is InChI=1S/C6H8N2.C2H6.CH4/c1-5-3-8-6(2)4-7-5;1-2;/h3-4H,1-2H3;1-2H3;1H4. The SMILES string of the molecule is C.CC.Cc1cnc(C)cn1. The molecule has 64 valence electrons. The lowest BCUT2D eigenvalue weighted by Crippen LogP contribution is -1.84. The van der Waals surface area contributed by atoms with Crippen LogP contribution < -0.4 is 0 Å². The van der Waals surface area contributed by atoms with Gasteiger partial charge in [0.25, 0.3) is 0 Å². The van der Waals surface area contributed by atoms with Crippen LogP contribution in [0.1, 0.15) is 32.7 Å². The van der Waals surface area contributed by atoms with Crippen LogP contribution in [0.4, 0.5) is 0 Å². The van der Waals surface area contributed by atoms with Gasteiger partial charge in [0.15, 0.2) is 0 Å². The van der Waals surface area contributed by atoms with Crippen molar-refractivity contribution in [1.82, 2.24) is 9.97 Å². The first-order valence-corrected chi connectivity index (χ1v) is 3.54. The average molecular weight is 154 g/mol. The Morgan fingerprint density at radius 2 is 1.18 bits per heavy atom. The summed E-state index contributed by atoms with van der Waals surface area (Å²) >= 11 is 0. The summed E-state index contributed by atoms with van der Waals surface area (Å²) in [6, 6.07) is 0. The molecule has 0 aliphatic carbocycles. The van der Waals surface area contributed by atoms with E-state index in [0.29, 0.717) is 0 Å². The van der Waals surface area contributed by atoms with Crippen molar-refractivity contribution < 1.29 is 0 Å². The summed E-state index contributed by atoms with van der Waals surface area (Å²) in [7, 11) is 0. The van der Waals surface area contributed by atoms with E-state index in [1.165, 1.54) is 0 Å². The third-order valence-electron chi connectivity index (χ3n) is 0.910. The molecular weight excluding hydrogens is 136 g/mol. The van der Waals surface area contributed by atoms with Crippen molar-refractivity contribution in [3.63, 3.8) is 0 Å². The average Bonchev–Trinajstić information content (AvgIpc) is 2.00. The first-order valence-electron chi connectivity index (χ1n) is 3.54. The van der Waals surface area contributed by atoms with Crippen molar-refractivity contribution in [1.29, 1.82) is 0 Å². The van der Waals surface area contributed by atoms with Gasteiger partial charge in [-0.25, -0.2) is 0 Å². The molecule has 0 saturated heterocycles. The number of rotatable bonds is 0. The molecule has 2 heteroatoms. The van der Waals surface area contributed by atoms with E-state index in [1.807, 2.05) is 27.7 Å². The summed E-state index contributed by atoms with van der Waals surface area (Å²) in [4.78, 5) is 8.03. The first kappa shape index (κ1) is 12.7. The van der Waals surface area contributed by atoms with E-state index in [2.05, 4.69) is 9.97 Å². The van der Waals surface area contributed by atoms with Crippen molar-refractivity contribution in [2.75, 3.05) is 0 Å². The molecule has 0 aliphatic heterocycles. The van der Waals surface area contributed by atoms with E-state index in [0.717, 1.165) is 11.4 Å². The molecule has 1 aromatic heterocycles.